The Balaban J connectivity index is 2.01. The van der Waals surface area contributed by atoms with Crippen LogP contribution in [0.2, 0.25) is 0 Å². The maximum absolute atomic E-state index is 11.8. The van der Waals surface area contributed by atoms with Gasteiger partial charge in [0.25, 0.3) is 6.43 Å². The lowest BCUT2D eigenvalue weighted by atomic mass is 10.2. The SMILES string of the molecule is CCCNCC1CCC(COCC(F)F)O1. The second-order valence-corrected chi connectivity index (χ2v) is 4.09. The van der Waals surface area contributed by atoms with Crippen LogP contribution in [0.5, 0.6) is 0 Å². The van der Waals surface area contributed by atoms with E-state index in [2.05, 4.69) is 12.2 Å². The minimum absolute atomic E-state index is 0.00724. The third-order valence-corrected chi connectivity index (χ3v) is 2.54. The Hall–Kier alpha value is -0.260. The van der Waals surface area contributed by atoms with Crippen molar-refractivity contribution >= 4 is 0 Å². The van der Waals surface area contributed by atoms with Crippen LogP contribution in [-0.2, 0) is 9.47 Å². The molecule has 0 spiro atoms. The molecule has 1 aliphatic heterocycles. The molecule has 1 rings (SSSR count). The molecule has 2 unspecified atom stereocenters. The van der Waals surface area contributed by atoms with Crippen LogP contribution < -0.4 is 5.32 Å². The zero-order chi connectivity index (χ0) is 11.8. The third-order valence-electron chi connectivity index (χ3n) is 2.54. The molecular formula is C11H21F2NO2. The number of nitrogens with one attached hydrogen (secondary N) is 1. The van der Waals surface area contributed by atoms with Gasteiger partial charge in [0.2, 0.25) is 0 Å². The fourth-order valence-electron chi connectivity index (χ4n) is 1.78. The maximum atomic E-state index is 11.8. The Kier molecular flexibility index (Phi) is 6.84. The highest BCUT2D eigenvalue weighted by Gasteiger charge is 2.25. The zero-order valence-corrected chi connectivity index (χ0v) is 9.75. The van der Waals surface area contributed by atoms with E-state index in [4.69, 9.17) is 9.47 Å². The number of ether oxygens (including phenoxy) is 2. The van der Waals surface area contributed by atoms with Gasteiger partial charge in [0, 0.05) is 6.54 Å². The van der Waals surface area contributed by atoms with Gasteiger partial charge in [-0.1, -0.05) is 6.92 Å². The Morgan fingerprint density at radius 1 is 1.38 bits per heavy atom. The van der Waals surface area contributed by atoms with Crippen LogP contribution in [0.25, 0.3) is 0 Å². The van der Waals surface area contributed by atoms with E-state index in [0.29, 0.717) is 0 Å². The molecule has 0 aromatic rings. The zero-order valence-electron chi connectivity index (χ0n) is 9.75. The van der Waals surface area contributed by atoms with Crippen LogP contribution in [-0.4, -0.2) is 44.9 Å². The number of halogens is 2. The van der Waals surface area contributed by atoms with E-state index in [1.807, 2.05) is 0 Å². The molecule has 0 bridgehead atoms. The van der Waals surface area contributed by atoms with Gasteiger partial charge in [0.1, 0.15) is 6.61 Å². The van der Waals surface area contributed by atoms with E-state index in [9.17, 15) is 8.78 Å². The molecule has 0 radical (unpaired) electrons. The first-order valence-electron chi connectivity index (χ1n) is 5.94. The van der Waals surface area contributed by atoms with Crippen molar-refractivity contribution in [1.82, 2.24) is 5.32 Å². The van der Waals surface area contributed by atoms with Crippen LogP contribution in [0.4, 0.5) is 8.78 Å². The Bertz CT molecular complexity index is 181. The molecule has 1 aliphatic rings. The Morgan fingerprint density at radius 2 is 2.12 bits per heavy atom. The van der Waals surface area contributed by atoms with Gasteiger partial charge in [-0.05, 0) is 25.8 Å². The van der Waals surface area contributed by atoms with Crippen LogP contribution in [0, 0.1) is 0 Å². The standard InChI is InChI=1S/C11H21F2NO2/c1-2-5-14-6-9-3-4-10(16-9)7-15-8-11(12)13/h9-11,14H,2-8H2,1H3. The molecule has 0 aliphatic carbocycles. The van der Waals surface area contributed by atoms with Gasteiger partial charge in [-0.2, -0.15) is 0 Å². The lowest BCUT2D eigenvalue weighted by molar-refractivity contribution is -0.0433. The molecule has 1 N–H and O–H groups in total. The van der Waals surface area contributed by atoms with Gasteiger partial charge >= 0.3 is 0 Å². The van der Waals surface area contributed by atoms with Crippen molar-refractivity contribution in [2.24, 2.45) is 0 Å². The number of alkyl halides is 2. The van der Waals surface area contributed by atoms with Crippen LogP contribution in [0.1, 0.15) is 26.2 Å². The summed E-state index contributed by atoms with van der Waals surface area (Å²) in [6, 6.07) is 0. The molecule has 0 aromatic carbocycles. The van der Waals surface area contributed by atoms with Crippen LogP contribution in [0.3, 0.4) is 0 Å². The molecule has 3 nitrogen and oxygen atoms in total. The molecule has 0 saturated carbocycles. The van der Waals surface area contributed by atoms with E-state index in [1.54, 1.807) is 0 Å². The minimum Gasteiger partial charge on any atom is -0.373 e. The minimum atomic E-state index is -2.39. The summed E-state index contributed by atoms with van der Waals surface area (Å²) in [7, 11) is 0. The monoisotopic (exact) mass is 237 g/mol. The predicted octanol–water partition coefficient (Wildman–Crippen LogP) is 1.82. The summed E-state index contributed by atoms with van der Waals surface area (Å²) in [5, 5.41) is 3.29. The summed E-state index contributed by atoms with van der Waals surface area (Å²) >= 11 is 0. The number of rotatable bonds is 8. The first kappa shape index (κ1) is 13.8. The van der Waals surface area contributed by atoms with Crippen molar-refractivity contribution in [3.8, 4) is 0 Å². The predicted molar refractivity (Wildman–Crippen MR) is 57.9 cm³/mol. The fraction of sp³-hybridized carbons (Fsp3) is 1.00. The lowest BCUT2D eigenvalue weighted by Gasteiger charge is -2.14. The Labute approximate surface area is 95.5 Å². The summed E-state index contributed by atoms with van der Waals surface area (Å²) in [6.07, 6.45) is 0.816. The van der Waals surface area contributed by atoms with Crippen molar-refractivity contribution in [2.45, 2.75) is 44.8 Å². The van der Waals surface area contributed by atoms with E-state index in [1.165, 1.54) is 0 Å². The van der Waals surface area contributed by atoms with Crippen molar-refractivity contribution in [2.75, 3.05) is 26.3 Å². The molecule has 2 atom stereocenters. The number of hydrogen-bond donors (Lipinski definition) is 1. The highest BCUT2D eigenvalue weighted by molar-refractivity contribution is 4.75. The van der Waals surface area contributed by atoms with Gasteiger partial charge < -0.3 is 14.8 Å². The Morgan fingerprint density at radius 3 is 2.81 bits per heavy atom. The van der Waals surface area contributed by atoms with Crippen LogP contribution in [0.15, 0.2) is 0 Å². The van der Waals surface area contributed by atoms with Gasteiger partial charge in [-0.25, -0.2) is 8.78 Å². The van der Waals surface area contributed by atoms with E-state index in [-0.39, 0.29) is 18.8 Å². The normalized spacial score (nSPS) is 25.5. The molecule has 1 heterocycles. The van der Waals surface area contributed by atoms with Crippen molar-refractivity contribution in [3.63, 3.8) is 0 Å². The average Bonchev–Trinajstić information content (AvgIpc) is 2.66. The second kappa shape index (κ2) is 7.92. The van der Waals surface area contributed by atoms with Gasteiger partial charge in [-0.15, -0.1) is 0 Å². The fourth-order valence-corrected chi connectivity index (χ4v) is 1.78. The van der Waals surface area contributed by atoms with E-state index in [0.717, 1.165) is 32.4 Å². The highest BCUT2D eigenvalue weighted by Crippen LogP contribution is 2.19. The lowest BCUT2D eigenvalue weighted by Crippen LogP contribution is -2.28. The molecule has 1 fully saturated rings. The molecule has 96 valence electrons. The number of hydrogen-bond acceptors (Lipinski definition) is 3. The summed E-state index contributed by atoms with van der Waals surface area (Å²) in [5.74, 6) is 0. The highest BCUT2D eigenvalue weighted by atomic mass is 19.3. The molecule has 1 saturated heterocycles. The molecule has 5 heteroatoms. The summed E-state index contributed by atoms with van der Waals surface area (Å²) in [5.41, 5.74) is 0. The largest absolute Gasteiger partial charge is 0.373 e. The van der Waals surface area contributed by atoms with E-state index >= 15 is 0 Å². The average molecular weight is 237 g/mol. The first-order chi connectivity index (χ1) is 7.72. The van der Waals surface area contributed by atoms with E-state index < -0.39 is 13.0 Å². The van der Waals surface area contributed by atoms with Crippen molar-refractivity contribution < 1.29 is 18.3 Å². The van der Waals surface area contributed by atoms with Gasteiger partial charge in [0.05, 0.1) is 18.8 Å². The van der Waals surface area contributed by atoms with Crippen LogP contribution >= 0.6 is 0 Å². The first-order valence-corrected chi connectivity index (χ1v) is 5.94. The second-order valence-electron chi connectivity index (χ2n) is 4.09. The quantitative estimate of drug-likeness (QED) is 0.653. The van der Waals surface area contributed by atoms with Crippen molar-refractivity contribution in [3.05, 3.63) is 0 Å². The summed E-state index contributed by atoms with van der Waals surface area (Å²) in [4.78, 5) is 0. The van der Waals surface area contributed by atoms with Gasteiger partial charge in [0.15, 0.2) is 0 Å². The maximum Gasteiger partial charge on any atom is 0.261 e. The molecule has 16 heavy (non-hydrogen) atoms. The topological polar surface area (TPSA) is 30.5 Å². The summed E-state index contributed by atoms with van der Waals surface area (Å²) < 4.78 is 34.1. The molecular weight excluding hydrogens is 216 g/mol. The van der Waals surface area contributed by atoms with Crippen molar-refractivity contribution in [1.29, 1.82) is 0 Å². The molecule has 0 aromatic heterocycles. The van der Waals surface area contributed by atoms with Gasteiger partial charge in [-0.3, -0.25) is 0 Å². The smallest absolute Gasteiger partial charge is 0.261 e. The summed E-state index contributed by atoms with van der Waals surface area (Å²) in [6.45, 7) is 3.75. The third kappa shape index (κ3) is 5.72. The molecule has 0 amide bonds.